The molecule has 0 amide bonds. The molecule has 5 nitrogen and oxygen atoms in total. The van der Waals surface area contributed by atoms with E-state index in [9.17, 15) is 9.59 Å². The second-order valence-electron chi connectivity index (χ2n) is 6.61. The molecule has 0 fully saturated rings. The lowest BCUT2D eigenvalue weighted by Gasteiger charge is -2.08. The van der Waals surface area contributed by atoms with Gasteiger partial charge in [-0.1, -0.05) is 60.7 Å². The molecule has 142 valence electrons. The lowest BCUT2D eigenvalue weighted by molar-refractivity contribution is 0.702. The largest absolute Gasteiger partial charge is 0.316 e. The van der Waals surface area contributed by atoms with Gasteiger partial charge in [0.25, 0.3) is 11.1 Å². The highest BCUT2D eigenvalue weighted by atomic mass is 16.1. The summed E-state index contributed by atoms with van der Waals surface area (Å²) in [5.74, 6) is 0. The highest BCUT2D eigenvalue weighted by molar-refractivity contribution is 5.49. The number of hydrogen-bond acceptors (Lipinski definition) is 3. The van der Waals surface area contributed by atoms with Gasteiger partial charge >= 0.3 is 0 Å². The maximum absolute atomic E-state index is 13.3. The standard InChI is InChI=1S/C24H19N3O2/c28-23-22(16-18-7-3-1-4-8-18)27(17-20-9-5-2-6-10-20)24(29)21(26-23)15-19-11-13-25-14-12-19/h1-16H,17H2,(H,26,28)/b21-15-,22-16-. The van der Waals surface area contributed by atoms with Crippen molar-refractivity contribution < 1.29 is 0 Å². The van der Waals surface area contributed by atoms with Gasteiger partial charge in [-0.25, -0.2) is 0 Å². The number of nitrogens with zero attached hydrogens (tertiary/aromatic N) is 2. The summed E-state index contributed by atoms with van der Waals surface area (Å²) in [6.07, 6.45) is 6.69. The van der Waals surface area contributed by atoms with Crippen LogP contribution < -0.4 is 21.8 Å². The lowest BCUT2D eigenvalue weighted by atomic mass is 10.2. The van der Waals surface area contributed by atoms with Crippen LogP contribution >= 0.6 is 0 Å². The van der Waals surface area contributed by atoms with E-state index < -0.39 is 0 Å². The third kappa shape index (κ3) is 4.30. The van der Waals surface area contributed by atoms with Gasteiger partial charge in [-0.3, -0.25) is 19.1 Å². The van der Waals surface area contributed by atoms with E-state index in [1.807, 2.05) is 60.7 Å². The maximum atomic E-state index is 13.3. The third-order valence-electron chi connectivity index (χ3n) is 4.55. The van der Waals surface area contributed by atoms with E-state index in [2.05, 4.69) is 9.97 Å². The van der Waals surface area contributed by atoms with Crippen LogP contribution in [0.1, 0.15) is 16.7 Å². The molecule has 2 aromatic heterocycles. The number of hydrogen-bond donors (Lipinski definition) is 1. The van der Waals surface area contributed by atoms with Crippen LogP contribution in [0.25, 0.3) is 12.2 Å². The molecule has 0 atom stereocenters. The highest BCUT2D eigenvalue weighted by Crippen LogP contribution is 2.00. The summed E-state index contributed by atoms with van der Waals surface area (Å²) in [6, 6.07) is 22.7. The van der Waals surface area contributed by atoms with Crippen molar-refractivity contribution in [2.24, 2.45) is 0 Å². The molecule has 4 rings (SSSR count). The zero-order valence-corrected chi connectivity index (χ0v) is 15.7. The van der Waals surface area contributed by atoms with Crippen molar-refractivity contribution in [3.63, 3.8) is 0 Å². The van der Waals surface area contributed by atoms with Gasteiger partial charge in [-0.2, -0.15) is 0 Å². The Labute approximate surface area is 167 Å². The molecule has 5 heteroatoms. The fraction of sp³-hybridized carbons (Fsp3) is 0.0417. The Morgan fingerprint density at radius 1 is 0.793 bits per heavy atom. The lowest BCUT2D eigenvalue weighted by Crippen LogP contribution is -2.53. The van der Waals surface area contributed by atoms with Crippen LogP contribution in [0.5, 0.6) is 0 Å². The molecule has 0 saturated heterocycles. The van der Waals surface area contributed by atoms with E-state index in [0.29, 0.717) is 11.9 Å². The second-order valence-corrected chi connectivity index (χ2v) is 6.61. The number of rotatable bonds is 4. The molecule has 0 unspecified atom stereocenters. The van der Waals surface area contributed by atoms with Crippen LogP contribution in [0.4, 0.5) is 0 Å². The van der Waals surface area contributed by atoms with Crippen LogP contribution in [0.3, 0.4) is 0 Å². The average Bonchev–Trinajstić information content (AvgIpc) is 2.76. The Hall–Kier alpha value is -3.99. The summed E-state index contributed by atoms with van der Waals surface area (Å²) >= 11 is 0. The molecule has 0 saturated carbocycles. The molecule has 4 aromatic rings. The number of pyridine rings is 1. The van der Waals surface area contributed by atoms with Crippen LogP contribution in [0.2, 0.25) is 0 Å². The molecule has 0 aliphatic carbocycles. The molecule has 0 spiro atoms. The summed E-state index contributed by atoms with van der Waals surface area (Å²) in [6.45, 7) is 0.305. The first-order chi connectivity index (χ1) is 14.2. The fourth-order valence-corrected chi connectivity index (χ4v) is 3.11. The van der Waals surface area contributed by atoms with Crippen LogP contribution in [0, 0.1) is 0 Å². The van der Waals surface area contributed by atoms with Gasteiger partial charge < -0.3 is 4.98 Å². The molecule has 0 bridgehead atoms. The second kappa shape index (κ2) is 8.35. The van der Waals surface area contributed by atoms with Crippen LogP contribution in [-0.4, -0.2) is 14.5 Å². The van der Waals surface area contributed by atoms with E-state index in [1.54, 1.807) is 36.7 Å². The van der Waals surface area contributed by atoms with Crippen LogP contribution in [-0.2, 0) is 6.54 Å². The Morgan fingerprint density at radius 2 is 1.41 bits per heavy atom. The van der Waals surface area contributed by atoms with Crippen molar-refractivity contribution in [1.29, 1.82) is 0 Å². The van der Waals surface area contributed by atoms with E-state index in [-0.39, 0.29) is 16.5 Å². The molecule has 1 N–H and O–H groups in total. The normalized spacial score (nSPS) is 12.3. The molecule has 2 heterocycles. The first-order valence-electron chi connectivity index (χ1n) is 9.26. The monoisotopic (exact) mass is 381 g/mol. The van der Waals surface area contributed by atoms with E-state index in [0.717, 1.165) is 16.7 Å². The quantitative estimate of drug-likeness (QED) is 0.584. The van der Waals surface area contributed by atoms with Gasteiger partial charge in [0.05, 0.1) is 6.54 Å². The van der Waals surface area contributed by atoms with Gasteiger partial charge in [0.2, 0.25) is 0 Å². The number of nitrogens with one attached hydrogen (secondary N) is 1. The smallest absolute Gasteiger partial charge is 0.275 e. The van der Waals surface area contributed by atoms with Crippen molar-refractivity contribution in [2.45, 2.75) is 6.54 Å². The summed E-state index contributed by atoms with van der Waals surface area (Å²) in [5.41, 5.74) is 2.01. The molecular formula is C24H19N3O2. The zero-order valence-electron chi connectivity index (χ0n) is 15.7. The minimum Gasteiger partial charge on any atom is -0.316 e. The van der Waals surface area contributed by atoms with E-state index >= 15 is 0 Å². The van der Waals surface area contributed by atoms with Crippen LogP contribution in [0.15, 0.2) is 94.8 Å². The van der Waals surface area contributed by atoms with Crippen molar-refractivity contribution in [3.05, 3.63) is 133 Å². The predicted octanol–water partition coefficient (Wildman–Crippen LogP) is 1.64. The summed E-state index contributed by atoms with van der Waals surface area (Å²) in [4.78, 5) is 32.9. The molecule has 0 radical (unpaired) electrons. The SMILES string of the molecule is O=c1[nH]/c(=C\c2ccncc2)c(=O)n(Cc2ccccc2)/c1=C\c1ccccc1. The van der Waals surface area contributed by atoms with Gasteiger partial charge in [-0.15, -0.1) is 0 Å². The zero-order chi connectivity index (χ0) is 20.1. The summed E-state index contributed by atoms with van der Waals surface area (Å²) < 4.78 is 1.52. The highest BCUT2D eigenvalue weighted by Gasteiger charge is 2.06. The summed E-state index contributed by atoms with van der Waals surface area (Å²) in [7, 11) is 0. The van der Waals surface area contributed by atoms with E-state index in [4.69, 9.17) is 0 Å². The Balaban J connectivity index is 1.98. The molecule has 29 heavy (non-hydrogen) atoms. The predicted molar refractivity (Wildman–Crippen MR) is 114 cm³/mol. The van der Waals surface area contributed by atoms with Gasteiger partial charge in [0.1, 0.15) is 10.7 Å². The van der Waals surface area contributed by atoms with E-state index in [1.165, 1.54) is 4.57 Å². The Morgan fingerprint density at radius 3 is 2.10 bits per heavy atom. The van der Waals surface area contributed by atoms with Crippen molar-refractivity contribution in [2.75, 3.05) is 0 Å². The molecule has 0 aliphatic heterocycles. The topological polar surface area (TPSA) is 67.8 Å². The minimum absolute atomic E-state index is 0.238. The molecule has 2 aromatic carbocycles. The average molecular weight is 381 g/mol. The number of aromatic amines is 1. The van der Waals surface area contributed by atoms with Gasteiger partial charge in [0.15, 0.2) is 0 Å². The first kappa shape index (κ1) is 18.4. The van der Waals surface area contributed by atoms with Gasteiger partial charge in [0, 0.05) is 12.4 Å². The third-order valence-corrected chi connectivity index (χ3v) is 4.55. The van der Waals surface area contributed by atoms with Gasteiger partial charge in [-0.05, 0) is 41.0 Å². The number of aromatic nitrogens is 3. The minimum atomic E-state index is -0.315. The Kier molecular flexibility index (Phi) is 5.29. The van der Waals surface area contributed by atoms with Crippen molar-refractivity contribution in [1.82, 2.24) is 14.5 Å². The number of benzene rings is 2. The number of H-pyrrole nitrogens is 1. The van der Waals surface area contributed by atoms with Crippen molar-refractivity contribution in [3.8, 4) is 0 Å². The molecule has 0 aliphatic rings. The molecular weight excluding hydrogens is 362 g/mol. The Bertz CT molecular complexity index is 1340. The first-order valence-corrected chi connectivity index (χ1v) is 9.26. The maximum Gasteiger partial charge on any atom is 0.275 e. The fourth-order valence-electron chi connectivity index (χ4n) is 3.11. The van der Waals surface area contributed by atoms with Crippen molar-refractivity contribution >= 4 is 12.2 Å². The summed E-state index contributed by atoms with van der Waals surface area (Å²) in [5, 5.41) is 0.555.